The van der Waals surface area contributed by atoms with E-state index in [1.54, 1.807) is 36.7 Å². The number of carbonyl (C=O) groups excluding carboxylic acids is 1. The molecule has 4 aromatic rings. The Hall–Kier alpha value is -3.87. The summed E-state index contributed by atoms with van der Waals surface area (Å²) in [7, 11) is 0. The van der Waals surface area contributed by atoms with Gasteiger partial charge in [-0.2, -0.15) is 0 Å². The van der Waals surface area contributed by atoms with Gasteiger partial charge < -0.3 is 10.6 Å². The van der Waals surface area contributed by atoms with E-state index >= 15 is 0 Å². The van der Waals surface area contributed by atoms with Crippen molar-refractivity contribution in [2.75, 3.05) is 5.32 Å². The highest BCUT2D eigenvalue weighted by Crippen LogP contribution is 2.24. The van der Waals surface area contributed by atoms with Gasteiger partial charge in [-0.15, -0.1) is 0 Å². The van der Waals surface area contributed by atoms with Crippen LogP contribution in [0.4, 0.5) is 10.2 Å². The summed E-state index contributed by atoms with van der Waals surface area (Å²) in [5, 5.41) is 6.94. The Morgan fingerprint density at radius 1 is 1.00 bits per heavy atom. The molecule has 0 fully saturated rings. The molecule has 0 saturated heterocycles. The van der Waals surface area contributed by atoms with Gasteiger partial charge in [-0.25, -0.2) is 14.4 Å². The van der Waals surface area contributed by atoms with Crippen molar-refractivity contribution in [2.24, 2.45) is 0 Å². The fourth-order valence-corrected chi connectivity index (χ4v) is 3.30. The van der Waals surface area contributed by atoms with E-state index in [0.29, 0.717) is 23.8 Å². The molecule has 156 valence electrons. The first-order valence-electron chi connectivity index (χ1n) is 9.99. The molecular weight excluding hydrogens is 393 g/mol. The van der Waals surface area contributed by atoms with E-state index in [-0.39, 0.29) is 24.7 Å². The quantitative estimate of drug-likeness (QED) is 0.478. The summed E-state index contributed by atoms with van der Waals surface area (Å²) in [6.45, 7) is 2.46. The van der Waals surface area contributed by atoms with Crippen molar-refractivity contribution in [1.82, 2.24) is 20.3 Å². The lowest BCUT2D eigenvalue weighted by molar-refractivity contribution is -0.120. The summed E-state index contributed by atoms with van der Waals surface area (Å²) in [5.41, 5.74) is 3.18. The molecule has 31 heavy (non-hydrogen) atoms. The molecule has 0 radical (unpaired) electrons. The van der Waals surface area contributed by atoms with Crippen LogP contribution >= 0.6 is 0 Å². The first-order valence-corrected chi connectivity index (χ1v) is 9.99. The first-order chi connectivity index (χ1) is 15.1. The standard InChI is InChI=1S/C24H22FN5O/c1-16-6-4-9-19-23(16)29-21(15-27-22(31)12-17-7-5-11-26-13-17)30-24(19)28-14-18-8-2-3-10-20(18)25/h2-11,13H,12,14-15H2,1H3,(H,27,31)(H,28,29,30). The van der Waals surface area contributed by atoms with Crippen molar-refractivity contribution in [3.8, 4) is 0 Å². The largest absolute Gasteiger partial charge is 0.365 e. The van der Waals surface area contributed by atoms with Crippen LogP contribution in [0.5, 0.6) is 0 Å². The third-order valence-corrected chi connectivity index (χ3v) is 4.91. The fraction of sp³-hybridized carbons (Fsp3) is 0.167. The van der Waals surface area contributed by atoms with Crippen LogP contribution < -0.4 is 10.6 Å². The van der Waals surface area contributed by atoms with Crippen molar-refractivity contribution in [2.45, 2.75) is 26.4 Å². The van der Waals surface area contributed by atoms with E-state index in [4.69, 9.17) is 0 Å². The second kappa shape index (κ2) is 9.30. The summed E-state index contributed by atoms with van der Waals surface area (Å²) in [6, 6.07) is 16.1. The zero-order valence-electron chi connectivity index (χ0n) is 17.1. The molecule has 0 atom stereocenters. The lowest BCUT2D eigenvalue weighted by Gasteiger charge is -2.13. The molecule has 7 heteroatoms. The Morgan fingerprint density at radius 2 is 1.87 bits per heavy atom. The molecule has 0 unspecified atom stereocenters. The minimum absolute atomic E-state index is 0.137. The maximum Gasteiger partial charge on any atom is 0.224 e. The van der Waals surface area contributed by atoms with Crippen LogP contribution in [0, 0.1) is 12.7 Å². The number of benzene rings is 2. The van der Waals surface area contributed by atoms with Crippen LogP contribution in [0.2, 0.25) is 0 Å². The Morgan fingerprint density at radius 3 is 2.68 bits per heavy atom. The van der Waals surface area contributed by atoms with Gasteiger partial charge in [0.2, 0.25) is 5.91 Å². The number of hydrogen-bond donors (Lipinski definition) is 2. The second-order valence-corrected chi connectivity index (χ2v) is 7.22. The minimum atomic E-state index is -0.271. The van der Waals surface area contributed by atoms with E-state index < -0.39 is 0 Å². The average Bonchev–Trinajstić information content (AvgIpc) is 2.78. The van der Waals surface area contributed by atoms with Gasteiger partial charge in [-0.1, -0.05) is 36.4 Å². The number of aryl methyl sites for hydroxylation is 1. The topological polar surface area (TPSA) is 79.8 Å². The maximum absolute atomic E-state index is 14.0. The molecule has 0 bridgehead atoms. The lowest BCUT2D eigenvalue weighted by atomic mass is 10.1. The van der Waals surface area contributed by atoms with E-state index in [1.165, 1.54) is 6.07 Å². The number of nitrogens with one attached hydrogen (secondary N) is 2. The molecule has 2 N–H and O–H groups in total. The van der Waals surface area contributed by atoms with Gasteiger partial charge in [0.1, 0.15) is 11.6 Å². The molecule has 6 nitrogen and oxygen atoms in total. The van der Waals surface area contributed by atoms with Gasteiger partial charge in [-0.05, 0) is 36.2 Å². The van der Waals surface area contributed by atoms with Crippen LogP contribution in [0.25, 0.3) is 10.9 Å². The van der Waals surface area contributed by atoms with Crippen LogP contribution in [0.15, 0.2) is 67.0 Å². The Kier molecular flexibility index (Phi) is 6.12. The number of nitrogens with zero attached hydrogens (tertiary/aromatic N) is 3. The molecule has 2 aromatic carbocycles. The zero-order valence-corrected chi connectivity index (χ0v) is 17.1. The highest BCUT2D eigenvalue weighted by Gasteiger charge is 2.12. The van der Waals surface area contributed by atoms with E-state index in [0.717, 1.165) is 22.0 Å². The van der Waals surface area contributed by atoms with Crippen LogP contribution in [0.1, 0.15) is 22.5 Å². The molecule has 0 aliphatic carbocycles. The molecule has 0 aliphatic heterocycles. The highest BCUT2D eigenvalue weighted by molar-refractivity contribution is 5.91. The van der Waals surface area contributed by atoms with Gasteiger partial charge in [-0.3, -0.25) is 9.78 Å². The van der Waals surface area contributed by atoms with E-state index in [9.17, 15) is 9.18 Å². The van der Waals surface area contributed by atoms with Crippen molar-refractivity contribution in [3.05, 3.63) is 95.3 Å². The normalized spacial score (nSPS) is 10.8. The van der Waals surface area contributed by atoms with Crippen molar-refractivity contribution < 1.29 is 9.18 Å². The number of para-hydroxylation sites is 1. The molecule has 4 rings (SSSR count). The molecular formula is C24H22FN5O. The molecule has 0 saturated carbocycles. The number of pyridine rings is 1. The summed E-state index contributed by atoms with van der Waals surface area (Å²) in [5.74, 6) is 0.681. The smallest absolute Gasteiger partial charge is 0.224 e. The van der Waals surface area contributed by atoms with Crippen LogP contribution in [-0.4, -0.2) is 20.9 Å². The number of carbonyl (C=O) groups is 1. The van der Waals surface area contributed by atoms with Gasteiger partial charge >= 0.3 is 0 Å². The molecule has 1 amide bonds. The van der Waals surface area contributed by atoms with Crippen LogP contribution in [-0.2, 0) is 24.3 Å². The highest BCUT2D eigenvalue weighted by atomic mass is 19.1. The zero-order chi connectivity index (χ0) is 21.6. The number of amides is 1. The molecule has 2 aromatic heterocycles. The lowest BCUT2D eigenvalue weighted by Crippen LogP contribution is -2.25. The summed E-state index contributed by atoms with van der Waals surface area (Å²) >= 11 is 0. The SMILES string of the molecule is Cc1cccc2c(NCc3ccccc3F)nc(CNC(=O)Cc3cccnc3)nc12. The maximum atomic E-state index is 14.0. The third kappa shape index (κ3) is 5.01. The number of fused-ring (bicyclic) bond motifs is 1. The van der Waals surface area contributed by atoms with Gasteiger partial charge in [0.05, 0.1) is 18.5 Å². The van der Waals surface area contributed by atoms with Gasteiger partial charge in [0.15, 0.2) is 5.82 Å². The van der Waals surface area contributed by atoms with Gasteiger partial charge in [0.25, 0.3) is 0 Å². The summed E-state index contributed by atoms with van der Waals surface area (Å²) in [4.78, 5) is 25.5. The predicted molar refractivity (Wildman–Crippen MR) is 118 cm³/mol. The van der Waals surface area contributed by atoms with Crippen molar-refractivity contribution in [1.29, 1.82) is 0 Å². The fourth-order valence-electron chi connectivity index (χ4n) is 3.30. The summed E-state index contributed by atoms with van der Waals surface area (Å²) in [6.07, 6.45) is 3.57. The Balaban J connectivity index is 1.54. The molecule has 0 aliphatic rings. The number of rotatable bonds is 7. The number of aromatic nitrogens is 3. The predicted octanol–water partition coefficient (Wildman–Crippen LogP) is 3.94. The molecule has 2 heterocycles. The van der Waals surface area contributed by atoms with Crippen molar-refractivity contribution in [3.63, 3.8) is 0 Å². The van der Waals surface area contributed by atoms with Crippen LogP contribution in [0.3, 0.4) is 0 Å². The monoisotopic (exact) mass is 415 g/mol. The third-order valence-electron chi connectivity index (χ3n) is 4.91. The molecule has 0 spiro atoms. The van der Waals surface area contributed by atoms with Crippen molar-refractivity contribution >= 4 is 22.6 Å². The number of anilines is 1. The average molecular weight is 415 g/mol. The minimum Gasteiger partial charge on any atom is -0.365 e. The first kappa shape index (κ1) is 20.4. The number of halogens is 1. The van der Waals surface area contributed by atoms with Gasteiger partial charge in [0, 0.05) is 29.9 Å². The Bertz CT molecular complexity index is 1210. The van der Waals surface area contributed by atoms with E-state index in [1.807, 2.05) is 31.2 Å². The second-order valence-electron chi connectivity index (χ2n) is 7.22. The Labute approximate surface area is 179 Å². The summed E-state index contributed by atoms with van der Waals surface area (Å²) < 4.78 is 14.0. The number of hydrogen-bond acceptors (Lipinski definition) is 5. The van der Waals surface area contributed by atoms with E-state index in [2.05, 4.69) is 25.6 Å².